The lowest BCUT2D eigenvalue weighted by Crippen LogP contribution is -2.27. The van der Waals surface area contributed by atoms with Gasteiger partial charge in [0.1, 0.15) is 5.82 Å². The summed E-state index contributed by atoms with van der Waals surface area (Å²) in [5.41, 5.74) is 8.43. The zero-order valence-corrected chi connectivity index (χ0v) is 13.8. The molecule has 1 aromatic rings. The number of hydrogen-bond acceptors (Lipinski definition) is 2. The lowest BCUT2D eigenvalue weighted by Gasteiger charge is -2.30. The Morgan fingerprint density at radius 2 is 1.95 bits per heavy atom. The van der Waals surface area contributed by atoms with Crippen molar-refractivity contribution in [3.05, 3.63) is 29.6 Å². The first-order valence-corrected chi connectivity index (χ1v) is 8.09. The molecule has 21 heavy (non-hydrogen) atoms. The van der Waals surface area contributed by atoms with E-state index in [1.165, 1.54) is 19.3 Å². The predicted molar refractivity (Wildman–Crippen MR) is 88.0 cm³/mol. The third kappa shape index (κ3) is 3.97. The van der Waals surface area contributed by atoms with Gasteiger partial charge in [-0.15, -0.1) is 0 Å². The van der Waals surface area contributed by atoms with Gasteiger partial charge in [0.15, 0.2) is 0 Å². The SMILES string of the molecule is C[C@H](N)c1cc(F)ccc1N1CCCC(C(C)(C)C)CC1. The molecule has 1 saturated heterocycles. The van der Waals surface area contributed by atoms with Crippen LogP contribution in [-0.4, -0.2) is 13.1 Å². The zero-order chi connectivity index (χ0) is 15.6. The maximum absolute atomic E-state index is 13.5. The predicted octanol–water partition coefficient (Wildman–Crippen LogP) is 4.50. The van der Waals surface area contributed by atoms with Crippen LogP contribution < -0.4 is 10.6 Å². The fourth-order valence-electron chi connectivity index (χ4n) is 3.38. The highest BCUT2D eigenvalue weighted by atomic mass is 19.1. The topological polar surface area (TPSA) is 29.3 Å². The van der Waals surface area contributed by atoms with E-state index in [0.717, 1.165) is 30.3 Å². The molecule has 1 aliphatic rings. The maximum Gasteiger partial charge on any atom is 0.123 e. The van der Waals surface area contributed by atoms with Crippen LogP contribution in [0.3, 0.4) is 0 Å². The van der Waals surface area contributed by atoms with E-state index in [-0.39, 0.29) is 11.9 Å². The van der Waals surface area contributed by atoms with Crippen molar-refractivity contribution in [2.24, 2.45) is 17.1 Å². The van der Waals surface area contributed by atoms with Crippen LogP contribution in [0.1, 0.15) is 58.6 Å². The lowest BCUT2D eigenvalue weighted by atomic mass is 9.77. The molecule has 3 heteroatoms. The Morgan fingerprint density at radius 1 is 1.24 bits per heavy atom. The molecule has 0 bridgehead atoms. The molecule has 0 amide bonds. The Labute approximate surface area is 128 Å². The van der Waals surface area contributed by atoms with Gasteiger partial charge in [-0.25, -0.2) is 4.39 Å². The van der Waals surface area contributed by atoms with Gasteiger partial charge in [-0.3, -0.25) is 0 Å². The first kappa shape index (κ1) is 16.3. The van der Waals surface area contributed by atoms with E-state index < -0.39 is 0 Å². The Bertz CT molecular complexity index is 477. The standard InChI is InChI=1S/C18H29FN2/c1-13(20)16-12-15(19)7-8-17(16)21-10-5-6-14(9-11-21)18(2,3)4/h7-8,12-14H,5-6,9-11,20H2,1-4H3/t13-,14?/m0/s1. The smallest absolute Gasteiger partial charge is 0.123 e. The van der Waals surface area contributed by atoms with Gasteiger partial charge < -0.3 is 10.6 Å². The maximum atomic E-state index is 13.5. The Morgan fingerprint density at radius 3 is 2.57 bits per heavy atom. The highest BCUT2D eigenvalue weighted by molar-refractivity contribution is 5.55. The molecule has 0 aromatic heterocycles. The average molecular weight is 292 g/mol. The molecule has 1 fully saturated rings. The summed E-state index contributed by atoms with van der Waals surface area (Å²) >= 11 is 0. The summed E-state index contributed by atoms with van der Waals surface area (Å²) in [4.78, 5) is 2.39. The Hall–Kier alpha value is -1.09. The molecule has 0 radical (unpaired) electrons. The summed E-state index contributed by atoms with van der Waals surface area (Å²) in [6.07, 6.45) is 3.66. The summed E-state index contributed by atoms with van der Waals surface area (Å²) in [5.74, 6) is 0.551. The fraction of sp³-hybridized carbons (Fsp3) is 0.667. The van der Waals surface area contributed by atoms with Gasteiger partial charge in [0.2, 0.25) is 0 Å². The molecular formula is C18H29FN2. The van der Waals surface area contributed by atoms with E-state index in [2.05, 4.69) is 25.7 Å². The van der Waals surface area contributed by atoms with Crippen LogP contribution in [0.25, 0.3) is 0 Å². The third-order valence-electron chi connectivity index (χ3n) is 4.77. The number of anilines is 1. The number of benzene rings is 1. The van der Waals surface area contributed by atoms with E-state index in [1.54, 1.807) is 12.1 Å². The van der Waals surface area contributed by atoms with Crippen molar-refractivity contribution in [1.29, 1.82) is 0 Å². The monoisotopic (exact) mass is 292 g/mol. The molecular weight excluding hydrogens is 263 g/mol. The van der Waals surface area contributed by atoms with Crippen LogP contribution >= 0.6 is 0 Å². The van der Waals surface area contributed by atoms with Crippen molar-refractivity contribution in [3.8, 4) is 0 Å². The molecule has 2 rings (SSSR count). The van der Waals surface area contributed by atoms with Crippen molar-refractivity contribution in [2.45, 2.75) is 53.0 Å². The van der Waals surface area contributed by atoms with Crippen LogP contribution in [0.2, 0.25) is 0 Å². The second-order valence-electron chi connectivity index (χ2n) is 7.47. The quantitative estimate of drug-likeness (QED) is 0.869. The van der Waals surface area contributed by atoms with Crippen LogP contribution in [0, 0.1) is 17.2 Å². The largest absolute Gasteiger partial charge is 0.371 e. The molecule has 118 valence electrons. The van der Waals surface area contributed by atoms with Gasteiger partial charge in [-0.05, 0) is 61.3 Å². The summed E-state index contributed by atoms with van der Waals surface area (Å²) in [7, 11) is 0. The van der Waals surface area contributed by atoms with Crippen LogP contribution in [-0.2, 0) is 0 Å². The minimum absolute atomic E-state index is 0.141. The minimum atomic E-state index is -0.201. The summed E-state index contributed by atoms with van der Waals surface area (Å²) in [5, 5.41) is 0. The van der Waals surface area contributed by atoms with Crippen molar-refractivity contribution in [1.82, 2.24) is 0 Å². The lowest BCUT2D eigenvalue weighted by molar-refractivity contribution is 0.220. The van der Waals surface area contributed by atoms with Crippen LogP contribution in [0.15, 0.2) is 18.2 Å². The normalized spacial score (nSPS) is 22.0. The van der Waals surface area contributed by atoms with Gasteiger partial charge in [0.05, 0.1) is 0 Å². The van der Waals surface area contributed by atoms with Gasteiger partial charge in [-0.2, -0.15) is 0 Å². The second kappa shape index (κ2) is 6.35. The van der Waals surface area contributed by atoms with Gasteiger partial charge in [0, 0.05) is 24.8 Å². The molecule has 1 aromatic carbocycles. The number of nitrogens with zero attached hydrogens (tertiary/aromatic N) is 1. The van der Waals surface area contributed by atoms with E-state index in [9.17, 15) is 4.39 Å². The molecule has 2 N–H and O–H groups in total. The molecule has 0 spiro atoms. The highest BCUT2D eigenvalue weighted by Crippen LogP contribution is 2.36. The van der Waals surface area contributed by atoms with Crippen molar-refractivity contribution in [2.75, 3.05) is 18.0 Å². The number of nitrogens with two attached hydrogens (primary N) is 1. The van der Waals surface area contributed by atoms with Gasteiger partial charge in [0.25, 0.3) is 0 Å². The minimum Gasteiger partial charge on any atom is -0.371 e. The van der Waals surface area contributed by atoms with Crippen LogP contribution in [0.5, 0.6) is 0 Å². The van der Waals surface area contributed by atoms with Crippen molar-refractivity contribution >= 4 is 5.69 Å². The number of hydrogen-bond donors (Lipinski definition) is 1. The molecule has 0 aliphatic carbocycles. The Kier molecular flexibility index (Phi) is 4.92. The van der Waals surface area contributed by atoms with E-state index in [1.807, 2.05) is 13.0 Å². The van der Waals surface area contributed by atoms with Gasteiger partial charge >= 0.3 is 0 Å². The summed E-state index contributed by atoms with van der Waals surface area (Å²) in [6, 6.07) is 4.89. The molecule has 1 aliphatic heterocycles. The van der Waals surface area contributed by atoms with Crippen molar-refractivity contribution in [3.63, 3.8) is 0 Å². The van der Waals surface area contributed by atoms with Crippen LogP contribution in [0.4, 0.5) is 10.1 Å². The van der Waals surface area contributed by atoms with E-state index in [0.29, 0.717) is 5.41 Å². The third-order valence-corrected chi connectivity index (χ3v) is 4.77. The molecule has 2 atom stereocenters. The highest BCUT2D eigenvalue weighted by Gasteiger charge is 2.27. The van der Waals surface area contributed by atoms with Gasteiger partial charge in [-0.1, -0.05) is 20.8 Å². The van der Waals surface area contributed by atoms with Crippen molar-refractivity contribution < 1.29 is 4.39 Å². The molecule has 0 saturated carbocycles. The molecule has 2 nitrogen and oxygen atoms in total. The summed E-state index contributed by atoms with van der Waals surface area (Å²) < 4.78 is 13.5. The van der Waals surface area contributed by atoms with E-state index >= 15 is 0 Å². The average Bonchev–Trinajstić information content (AvgIpc) is 2.63. The second-order valence-corrected chi connectivity index (χ2v) is 7.47. The Balaban J connectivity index is 2.20. The number of halogens is 1. The molecule has 1 unspecified atom stereocenters. The fourth-order valence-corrected chi connectivity index (χ4v) is 3.38. The summed E-state index contributed by atoms with van der Waals surface area (Å²) in [6.45, 7) is 11.0. The van der Waals surface area contributed by atoms with E-state index in [4.69, 9.17) is 5.73 Å². The first-order valence-electron chi connectivity index (χ1n) is 8.09. The molecule has 1 heterocycles. The zero-order valence-electron chi connectivity index (χ0n) is 13.8. The number of rotatable bonds is 2. The first-order chi connectivity index (χ1) is 9.79.